The zero-order valence-corrected chi connectivity index (χ0v) is 11.7. The van der Waals surface area contributed by atoms with E-state index in [-0.39, 0.29) is 17.6 Å². The maximum absolute atomic E-state index is 11.7. The number of ether oxygens (including phenoxy) is 2. The molecule has 1 saturated carbocycles. The number of ketones is 1. The van der Waals surface area contributed by atoms with E-state index in [1.807, 2.05) is 13.8 Å². The molecule has 1 aromatic rings. The molecule has 0 saturated heterocycles. The molecule has 0 N–H and O–H groups in total. The van der Waals surface area contributed by atoms with Gasteiger partial charge in [0.05, 0.1) is 23.5 Å². The third-order valence-corrected chi connectivity index (χ3v) is 4.08. The van der Waals surface area contributed by atoms with Crippen LogP contribution < -0.4 is 9.47 Å². The predicted octanol–water partition coefficient (Wildman–Crippen LogP) is 2.74. The zero-order valence-electron chi connectivity index (χ0n) is 11.7. The van der Waals surface area contributed by atoms with Gasteiger partial charge in [-0.1, -0.05) is 6.92 Å². The highest BCUT2D eigenvalue weighted by molar-refractivity contribution is 5.92. The van der Waals surface area contributed by atoms with Gasteiger partial charge in [0.2, 0.25) is 0 Å². The molecular formula is C14H17NO5. The molecule has 2 unspecified atom stereocenters. The molecule has 0 aliphatic heterocycles. The lowest BCUT2D eigenvalue weighted by Crippen LogP contribution is -2.54. The molecule has 1 aromatic carbocycles. The van der Waals surface area contributed by atoms with Gasteiger partial charge in [-0.05, 0) is 19.4 Å². The SMILES string of the molecule is CCC1(C)C(=O)CC1Oc1ccc([N+](=O)[O-])cc1OC. The summed E-state index contributed by atoms with van der Waals surface area (Å²) in [5.74, 6) is 0.915. The van der Waals surface area contributed by atoms with Crippen LogP contribution in [0.3, 0.4) is 0 Å². The number of nitrogens with zero attached hydrogens (tertiary/aromatic N) is 1. The molecule has 20 heavy (non-hydrogen) atoms. The summed E-state index contributed by atoms with van der Waals surface area (Å²) in [6.45, 7) is 3.82. The van der Waals surface area contributed by atoms with Crippen molar-refractivity contribution >= 4 is 11.5 Å². The Hall–Kier alpha value is -2.11. The minimum atomic E-state index is -0.491. The van der Waals surface area contributed by atoms with E-state index in [9.17, 15) is 14.9 Å². The molecule has 1 aliphatic rings. The monoisotopic (exact) mass is 279 g/mol. The normalized spacial score (nSPS) is 24.9. The van der Waals surface area contributed by atoms with Gasteiger partial charge < -0.3 is 9.47 Å². The minimum absolute atomic E-state index is 0.0582. The van der Waals surface area contributed by atoms with E-state index in [0.717, 1.165) is 0 Å². The van der Waals surface area contributed by atoms with Crippen molar-refractivity contribution in [3.05, 3.63) is 28.3 Å². The van der Waals surface area contributed by atoms with E-state index >= 15 is 0 Å². The van der Waals surface area contributed by atoms with Gasteiger partial charge in [0, 0.05) is 12.5 Å². The van der Waals surface area contributed by atoms with E-state index in [1.54, 1.807) is 0 Å². The fraction of sp³-hybridized carbons (Fsp3) is 0.500. The van der Waals surface area contributed by atoms with Crippen molar-refractivity contribution < 1.29 is 19.2 Å². The molecule has 108 valence electrons. The largest absolute Gasteiger partial charge is 0.493 e. The third kappa shape index (κ3) is 2.21. The highest BCUT2D eigenvalue weighted by Crippen LogP contribution is 2.44. The Morgan fingerprint density at radius 3 is 2.65 bits per heavy atom. The Labute approximate surface area is 116 Å². The molecule has 6 nitrogen and oxygen atoms in total. The van der Waals surface area contributed by atoms with Crippen LogP contribution in [-0.2, 0) is 4.79 Å². The molecular weight excluding hydrogens is 262 g/mol. The van der Waals surface area contributed by atoms with E-state index in [4.69, 9.17) is 9.47 Å². The van der Waals surface area contributed by atoms with Gasteiger partial charge in [-0.25, -0.2) is 0 Å². The smallest absolute Gasteiger partial charge is 0.273 e. The third-order valence-electron chi connectivity index (χ3n) is 4.08. The maximum atomic E-state index is 11.7. The summed E-state index contributed by atoms with van der Waals surface area (Å²) in [6, 6.07) is 4.19. The molecule has 0 bridgehead atoms. The molecule has 2 rings (SSSR count). The number of benzene rings is 1. The average molecular weight is 279 g/mol. The number of hydrogen-bond acceptors (Lipinski definition) is 5. The molecule has 0 aromatic heterocycles. The number of nitro benzene ring substituents is 1. The Balaban J connectivity index is 2.22. The summed E-state index contributed by atoms with van der Waals surface area (Å²) in [7, 11) is 1.43. The maximum Gasteiger partial charge on any atom is 0.273 e. The van der Waals surface area contributed by atoms with Crippen molar-refractivity contribution in [2.45, 2.75) is 32.8 Å². The first-order chi connectivity index (χ1) is 9.42. The van der Waals surface area contributed by atoms with Gasteiger partial charge in [0.1, 0.15) is 11.9 Å². The van der Waals surface area contributed by atoms with E-state index < -0.39 is 10.3 Å². The number of methoxy groups -OCH3 is 1. The van der Waals surface area contributed by atoms with Gasteiger partial charge >= 0.3 is 0 Å². The van der Waals surface area contributed by atoms with Crippen molar-refractivity contribution in [2.75, 3.05) is 7.11 Å². The van der Waals surface area contributed by atoms with E-state index in [1.165, 1.54) is 25.3 Å². The summed E-state index contributed by atoms with van der Waals surface area (Å²) in [5.41, 5.74) is -0.538. The zero-order chi connectivity index (χ0) is 14.9. The van der Waals surface area contributed by atoms with Crippen molar-refractivity contribution in [3.8, 4) is 11.5 Å². The second-order valence-electron chi connectivity index (χ2n) is 5.10. The Morgan fingerprint density at radius 2 is 2.15 bits per heavy atom. The van der Waals surface area contributed by atoms with E-state index in [0.29, 0.717) is 24.3 Å². The van der Waals surface area contributed by atoms with Crippen LogP contribution in [-0.4, -0.2) is 23.9 Å². The summed E-state index contributed by atoms with van der Waals surface area (Å²) in [5, 5.41) is 10.7. The summed E-state index contributed by atoms with van der Waals surface area (Å²) in [6.07, 6.45) is 0.853. The number of nitro groups is 1. The second kappa shape index (κ2) is 5.11. The highest BCUT2D eigenvalue weighted by atomic mass is 16.6. The van der Waals surface area contributed by atoms with Crippen molar-refractivity contribution in [1.82, 2.24) is 0 Å². The molecule has 1 fully saturated rings. The predicted molar refractivity (Wildman–Crippen MR) is 72.1 cm³/mol. The lowest BCUT2D eigenvalue weighted by atomic mass is 9.64. The first-order valence-electron chi connectivity index (χ1n) is 6.44. The number of Topliss-reactive ketones (excluding diaryl/α,β-unsaturated/α-hetero) is 1. The molecule has 0 amide bonds. The average Bonchev–Trinajstić information content (AvgIpc) is 2.45. The number of hydrogen-bond donors (Lipinski definition) is 0. The van der Waals surface area contributed by atoms with Gasteiger partial charge in [0.15, 0.2) is 11.5 Å². The van der Waals surface area contributed by atoms with Crippen molar-refractivity contribution in [2.24, 2.45) is 5.41 Å². The fourth-order valence-corrected chi connectivity index (χ4v) is 2.29. The van der Waals surface area contributed by atoms with Crippen molar-refractivity contribution in [3.63, 3.8) is 0 Å². The standard InChI is InChI=1S/C14H17NO5/c1-4-14(2)12(16)8-13(14)20-10-6-5-9(15(17)18)7-11(10)19-3/h5-7,13H,4,8H2,1-3H3. The Kier molecular flexibility index (Phi) is 3.65. The lowest BCUT2D eigenvalue weighted by molar-refractivity contribution is -0.385. The van der Waals surface area contributed by atoms with Gasteiger partial charge in [0.25, 0.3) is 5.69 Å². The summed E-state index contributed by atoms with van der Waals surface area (Å²) in [4.78, 5) is 21.9. The molecule has 2 atom stereocenters. The highest BCUT2D eigenvalue weighted by Gasteiger charge is 2.51. The quantitative estimate of drug-likeness (QED) is 0.611. The van der Waals surface area contributed by atoms with Crippen LogP contribution in [0.25, 0.3) is 0 Å². The number of carbonyl (C=O) groups is 1. The molecule has 6 heteroatoms. The van der Waals surface area contributed by atoms with Crippen LogP contribution in [0.4, 0.5) is 5.69 Å². The second-order valence-corrected chi connectivity index (χ2v) is 5.10. The van der Waals surface area contributed by atoms with Crippen LogP contribution in [0.5, 0.6) is 11.5 Å². The summed E-state index contributed by atoms with van der Waals surface area (Å²) >= 11 is 0. The van der Waals surface area contributed by atoms with Crippen LogP contribution in [0.2, 0.25) is 0 Å². The topological polar surface area (TPSA) is 78.7 Å². The fourth-order valence-electron chi connectivity index (χ4n) is 2.29. The van der Waals surface area contributed by atoms with Crippen LogP contribution in [0, 0.1) is 15.5 Å². The van der Waals surface area contributed by atoms with Crippen molar-refractivity contribution in [1.29, 1.82) is 0 Å². The van der Waals surface area contributed by atoms with E-state index in [2.05, 4.69) is 0 Å². The van der Waals surface area contributed by atoms with Crippen LogP contribution in [0.1, 0.15) is 26.7 Å². The number of non-ortho nitro benzene ring substituents is 1. The summed E-state index contributed by atoms with van der Waals surface area (Å²) < 4.78 is 10.9. The lowest BCUT2D eigenvalue weighted by Gasteiger charge is -2.44. The first kappa shape index (κ1) is 14.3. The van der Waals surface area contributed by atoms with Gasteiger partial charge in [-0.2, -0.15) is 0 Å². The number of carbonyl (C=O) groups excluding carboxylic acids is 1. The number of rotatable bonds is 5. The Bertz CT molecular complexity index is 556. The molecule has 1 aliphatic carbocycles. The van der Waals surface area contributed by atoms with Gasteiger partial charge in [-0.3, -0.25) is 14.9 Å². The molecule has 0 spiro atoms. The van der Waals surface area contributed by atoms with Gasteiger partial charge in [-0.15, -0.1) is 0 Å². The first-order valence-corrected chi connectivity index (χ1v) is 6.44. The molecule has 0 heterocycles. The minimum Gasteiger partial charge on any atom is -0.493 e. The van der Waals surface area contributed by atoms with Crippen LogP contribution in [0.15, 0.2) is 18.2 Å². The van der Waals surface area contributed by atoms with Crippen LogP contribution >= 0.6 is 0 Å². The Morgan fingerprint density at radius 1 is 1.45 bits per heavy atom. The molecule has 0 radical (unpaired) electrons.